The van der Waals surface area contributed by atoms with Gasteiger partial charge in [-0.05, 0) is 20.8 Å². The predicted molar refractivity (Wildman–Crippen MR) is 90.9 cm³/mol. The minimum atomic E-state index is -0.239. The van der Waals surface area contributed by atoms with Crippen molar-refractivity contribution in [1.82, 2.24) is 15.0 Å². The van der Waals surface area contributed by atoms with Crippen LogP contribution >= 0.6 is 0 Å². The molecule has 9 heteroatoms. The van der Waals surface area contributed by atoms with Crippen molar-refractivity contribution in [1.29, 1.82) is 0 Å². The average molecular weight is 336 g/mol. The van der Waals surface area contributed by atoms with E-state index >= 15 is 0 Å². The smallest absolute Gasteiger partial charge is 0.238 e. The molecule has 0 saturated heterocycles. The van der Waals surface area contributed by atoms with Crippen molar-refractivity contribution < 1.29 is 14.4 Å². The van der Waals surface area contributed by atoms with E-state index in [-0.39, 0.29) is 35.6 Å². The molecule has 1 rings (SSSR count). The highest BCUT2D eigenvalue weighted by atomic mass is 16.2. The van der Waals surface area contributed by atoms with E-state index in [4.69, 9.17) is 0 Å². The van der Waals surface area contributed by atoms with Gasteiger partial charge in [-0.15, -0.1) is 0 Å². The summed E-state index contributed by atoms with van der Waals surface area (Å²) in [4.78, 5) is 52.2. The van der Waals surface area contributed by atoms with Crippen LogP contribution in [-0.4, -0.2) is 52.3 Å². The molecule has 0 radical (unpaired) electrons. The zero-order valence-electron chi connectivity index (χ0n) is 15.0. The highest BCUT2D eigenvalue weighted by Crippen LogP contribution is 2.19. The molecule has 9 nitrogen and oxygen atoms in total. The second-order valence-corrected chi connectivity index (χ2v) is 5.03. The van der Waals surface area contributed by atoms with Gasteiger partial charge in [0.05, 0.1) is 0 Å². The lowest BCUT2D eigenvalue weighted by molar-refractivity contribution is -0.117. The third-order valence-corrected chi connectivity index (χ3v) is 3.41. The summed E-state index contributed by atoms with van der Waals surface area (Å²) in [5.41, 5.74) is 0. The topological polar surface area (TPSA) is 99.6 Å². The quantitative estimate of drug-likeness (QED) is 0.768. The summed E-state index contributed by atoms with van der Waals surface area (Å²) in [6, 6.07) is 0. The van der Waals surface area contributed by atoms with E-state index in [1.807, 2.05) is 0 Å². The van der Waals surface area contributed by atoms with Crippen LogP contribution in [0.25, 0.3) is 0 Å². The zero-order chi connectivity index (χ0) is 18.4. The van der Waals surface area contributed by atoms with Crippen LogP contribution in [0.4, 0.5) is 17.8 Å². The normalized spacial score (nSPS) is 10.2. The Bertz CT molecular complexity index is 536. The Hall–Kier alpha value is -2.58. The van der Waals surface area contributed by atoms with Crippen molar-refractivity contribution >= 4 is 35.6 Å². The first kappa shape index (κ1) is 19.5. The Kier molecular flexibility index (Phi) is 6.75. The van der Waals surface area contributed by atoms with E-state index in [1.165, 1.54) is 35.5 Å². The average Bonchev–Trinajstić information content (AvgIpc) is 2.48. The van der Waals surface area contributed by atoms with Crippen LogP contribution in [0.1, 0.15) is 41.5 Å². The van der Waals surface area contributed by atoms with Crippen molar-refractivity contribution in [2.45, 2.75) is 41.5 Å². The Morgan fingerprint density at radius 2 is 0.833 bits per heavy atom. The molecule has 3 amide bonds. The fourth-order valence-corrected chi connectivity index (χ4v) is 2.22. The Morgan fingerprint density at radius 1 is 0.625 bits per heavy atom. The van der Waals surface area contributed by atoms with Gasteiger partial charge >= 0.3 is 0 Å². The van der Waals surface area contributed by atoms with E-state index in [1.54, 1.807) is 20.8 Å². The van der Waals surface area contributed by atoms with Gasteiger partial charge < -0.3 is 0 Å². The zero-order valence-corrected chi connectivity index (χ0v) is 15.0. The maximum Gasteiger partial charge on any atom is 0.238 e. The van der Waals surface area contributed by atoms with Gasteiger partial charge in [-0.1, -0.05) is 0 Å². The number of hydrogen-bond acceptors (Lipinski definition) is 6. The molecular formula is C15H24N6O3. The first-order valence-electron chi connectivity index (χ1n) is 7.87. The third-order valence-electron chi connectivity index (χ3n) is 3.41. The van der Waals surface area contributed by atoms with Crippen LogP contribution in [0, 0.1) is 0 Å². The van der Waals surface area contributed by atoms with Crippen molar-refractivity contribution in [2.75, 3.05) is 34.3 Å². The number of rotatable bonds is 6. The summed E-state index contributed by atoms with van der Waals surface area (Å²) in [5.74, 6) is -0.370. The molecule has 132 valence electrons. The summed E-state index contributed by atoms with van der Waals surface area (Å²) in [7, 11) is 0. The molecule has 0 aromatic carbocycles. The first-order valence-corrected chi connectivity index (χ1v) is 7.87. The van der Waals surface area contributed by atoms with E-state index in [0.717, 1.165) is 0 Å². The number of aromatic nitrogens is 3. The van der Waals surface area contributed by atoms with Gasteiger partial charge in [-0.3, -0.25) is 29.1 Å². The minimum absolute atomic E-state index is 0.115. The molecule has 1 aromatic heterocycles. The number of hydrogen-bond donors (Lipinski definition) is 0. The predicted octanol–water partition coefficient (Wildman–Crippen LogP) is 0.990. The molecule has 0 spiro atoms. The highest BCUT2D eigenvalue weighted by molar-refractivity contribution is 5.93. The van der Waals surface area contributed by atoms with Crippen LogP contribution in [0.2, 0.25) is 0 Å². The number of anilines is 3. The molecule has 0 saturated carbocycles. The van der Waals surface area contributed by atoms with E-state index in [0.29, 0.717) is 19.6 Å². The standard InChI is InChI=1S/C15H24N6O3/c1-7-19(10(4)22)13-16-14(20(8-2)11(5)23)18-15(17-13)21(9-3)12(6)24/h7-9H2,1-6H3. The van der Waals surface area contributed by atoms with Crippen LogP contribution in [0.15, 0.2) is 0 Å². The van der Waals surface area contributed by atoms with Crippen molar-refractivity contribution in [3.63, 3.8) is 0 Å². The molecule has 0 fully saturated rings. The third kappa shape index (κ3) is 4.24. The van der Waals surface area contributed by atoms with E-state index in [9.17, 15) is 14.4 Å². The summed E-state index contributed by atoms with van der Waals surface area (Å²) >= 11 is 0. The Labute approximate surface area is 141 Å². The molecule has 0 unspecified atom stereocenters. The van der Waals surface area contributed by atoms with Gasteiger partial charge in [0.15, 0.2) is 0 Å². The lowest BCUT2D eigenvalue weighted by atomic mass is 10.5. The summed E-state index contributed by atoms with van der Waals surface area (Å²) in [6.45, 7) is 10.6. The molecule has 0 aliphatic carbocycles. The second-order valence-electron chi connectivity index (χ2n) is 5.03. The molecule has 0 atom stereocenters. The van der Waals surface area contributed by atoms with Gasteiger partial charge in [0.1, 0.15) is 0 Å². The maximum absolute atomic E-state index is 11.8. The highest BCUT2D eigenvalue weighted by Gasteiger charge is 2.23. The SMILES string of the molecule is CCN(C(C)=O)c1nc(N(CC)C(C)=O)nc(N(CC)C(C)=O)n1. The summed E-state index contributed by atoms with van der Waals surface area (Å²) < 4.78 is 0. The largest absolute Gasteiger partial charge is 0.281 e. The number of nitrogens with zero attached hydrogens (tertiary/aromatic N) is 6. The molecule has 0 aliphatic rings. The first-order chi connectivity index (χ1) is 11.3. The van der Waals surface area contributed by atoms with Crippen molar-refractivity contribution in [3.05, 3.63) is 0 Å². The van der Waals surface area contributed by atoms with Crippen molar-refractivity contribution in [2.24, 2.45) is 0 Å². The maximum atomic E-state index is 11.8. The van der Waals surface area contributed by atoms with Gasteiger partial charge in [-0.2, -0.15) is 15.0 Å². The Morgan fingerprint density at radius 3 is 0.958 bits per heavy atom. The number of carbonyl (C=O) groups is 3. The van der Waals surface area contributed by atoms with Crippen molar-refractivity contribution in [3.8, 4) is 0 Å². The number of amides is 3. The fraction of sp³-hybridized carbons (Fsp3) is 0.600. The Balaban J connectivity index is 3.57. The van der Waals surface area contributed by atoms with Gasteiger partial charge in [0, 0.05) is 40.4 Å². The summed E-state index contributed by atoms with van der Waals surface area (Å²) in [5, 5.41) is 0. The van der Waals surface area contributed by atoms with Gasteiger partial charge in [0.25, 0.3) is 0 Å². The lowest BCUT2D eigenvalue weighted by Gasteiger charge is -2.24. The lowest BCUT2D eigenvalue weighted by Crippen LogP contribution is -2.36. The van der Waals surface area contributed by atoms with Crippen LogP contribution in [-0.2, 0) is 14.4 Å². The molecular weight excluding hydrogens is 312 g/mol. The van der Waals surface area contributed by atoms with Crippen LogP contribution in [0.5, 0.6) is 0 Å². The van der Waals surface area contributed by atoms with Crippen LogP contribution in [0.3, 0.4) is 0 Å². The fourth-order valence-electron chi connectivity index (χ4n) is 2.22. The molecule has 0 aliphatic heterocycles. The number of carbonyl (C=O) groups excluding carboxylic acids is 3. The van der Waals surface area contributed by atoms with Gasteiger partial charge in [0.2, 0.25) is 35.6 Å². The summed E-state index contributed by atoms with van der Waals surface area (Å²) in [6.07, 6.45) is 0. The second kappa shape index (κ2) is 8.32. The monoisotopic (exact) mass is 336 g/mol. The molecule has 1 aromatic rings. The molecule has 24 heavy (non-hydrogen) atoms. The van der Waals surface area contributed by atoms with E-state index in [2.05, 4.69) is 15.0 Å². The van der Waals surface area contributed by atoms with Crippen LogP contribution < -0.4 is 14.7 Å². The minimum Gasteiger partial charge on any atom is -0.281 e. The molecule has 1 heterocycles. The molecule has 0 N–H and O–H groups in total. The van der Waals surface area contributed by atoms with E-state index < -0.39 is 0 Å². The molecule has 0 bridgehead atoms. The van der Waals surface area contributed by atoms with Gasteiger partial charge in [-0.25, -0.2) is 0 Å².